The molecule has 0 spiro atoms. The molecule has 0 fully saturated rings. The van der Waals surface area contributed by atoms with E-state index in [1.54, 1.807) is 6.92 Å². The van der Waals surface area contributed by atoms with Gasteiger partial charge in [0.15, 0.2) is 0 Å². The minimum Gasteiger partial charge on any atom is -0.466 e. The molecular weight excluding hydrogens is 242 g/mol. The maximum Gasteiger partial charge on any atom is 0.310 e. The Balaban J connectivity index is 3.10. The maximum atomic E-state index is 11.3. The molecule has 0 heterocycles. The molecule has 0 atom stereocenters. The van der Waals surface area contributed by atoms with Crippen LogP contribution in [0.3, 0.4) is 0 Å². The first-order chi connectivity index (χ1) is 8.12. The van der Waals surface area contributed by atoms with Gasteiger partial charge in [0, 0.05) is 5.56 Å². The first-order valence-corrected chi connectivity index (χ1v) is 5.33. The highest BCUT2D eigenvalue weighted by molar-refractivity contribution is 6.32. The van der Waals surface area contributed by atoms with Crippen LogP contribution in [0, 0.1) is 11.3 Å². The van der Waals surface area contributed by atoms with E-state index in [4.69, 9.17) is 21.6 Å². The zero-order valence-corrected chi connectivity index (χ0v) is 9.95. The molecule has 0 N–H and O–H groups in total. The third-order valence-corrected chi connectivity index (χ3v) is 2.51. The first kappa shape index (κ1) is 13.2. The summed E-state index contributed by atoms with van der Waals surface area (Å²) in [6.07, 6.45) is 0.550. The van der Waals surface area contributed by atoms with Gasteiger partial charge in [-0.3, -0.25) is 9.59 Å². The molecule has 0 saturated heterocycles. The molecule has 0 amide bonds. The average molecular weight is 252 g/mol. The van der Waals surface area contributed by atoms with Gasteiger partial charge in [0.25, 0.3) is 0 Å². The monoisotopic (exact) mass is 251 g/mol. The lowest BCUT2D eigenvalue weighted by molar-refractivity contribution is -0.142. The number of esters is 1. The largest absolute Gasteiger partial charge is 0.466 e. The zero-order valence-electron chi connectivity index (χ0n) is 9.20. The van der Waals surface area contributed by atoms with Crippen molar-refractivity contribution >= 4 is 23.9 Å². The Morgan fingerprint density at radius 3 is 2.82 bits per heavy atom. The number of nitriles is 1. The van der Waals surface area contributed by atoms with Crippen molar-refractivity contribution in [2.75, 3.05) is 6.61 Å². The van der Waals surface area contributed by atoms with Crippen molar-refractivity contribution in [2.45, 2.75) is 13.3 Å². The Morgan fingerprint density at radius 1 is 1.59 bits per heavy atom. The maximum absolute atomic E-state index is 11.3. The van der Waals surface area contributed by atoms with Gasteiger partial charge < -0.3 is 4.74 Å². The Morgan fingerprint density at radius 2 is 2.29 bits per heavy atom. The van der Waals surface area contributed by atoms with Gasteiger partial charge in [0.1, 0.15) is 12.4 Å². The fraction of sp³-hybridized carbons (Fsp3) is 0.250. The van der Waals surface area contributed by atoms with Crippen LogP contribution in [-0.2, 0) is 16.0 Å². The molecule has 0 aliphatic carbocycles. The van der Waals surface area contributed by atoms with E-state index >= 15 is 0 Å². The molecule has 0 bridgehead atoms. The van der Waals surface area contributed by atoms with Gasteiger partial charge in [-0.25, -0.2) is 0 Å². The van der Waals surface area contributed by atoms with E-state index in [-0.39, 0.29) is 23.6 Å². The van der Waals surface area contributed by atoms with Crippen molar-refractivity contribution in [3.8, 4) is 6.07 Å². The van der Waals surface area contributed by atoms with Gasteiger partial charge in [-0.2, -0.15) is 5.26 Å². The normalized spacial score (nSPS) is 9.47. The van der Waals surface area contributed by atoms with Crippen molar-refractivity contribution in [3.05, 3.63) is 33.8 Å². The lowest BCUT2D eigenvalue weighted by Crippen LogP contribution is -2.08. The van der Waals surface area contributed by atoms with Gasteiger partial charge in [0.2, 0.25) is 0 Å². The minimum absolute atomic E-state index is 0.0525. The molecule has 5 heteroatoms. The highest BCUT2D eigenvalue weighted by atomic mass is 35.5. The van der Waals surface area contributed by atoms with E-state index in [0.717, 1.165) is 0 Å². The predicted molar refractivity (Wildman–Crippen MR) is 61.9 cm³/mol. The number of ether oxygens (including phenoxy) is 1. The summed E-state index contributed by atoms with van der Waals surface area (Å²) in [4.78, 5) is 22.0. The SMILES string of the molecule is CCOC(=O)Cc1cc(C=O)cc(C#N)c1Cl. The van der Waals surface area contributed by atoms with Crippen LogP contribution in [0.5, 0.6) is 0 Å². The van der Waals surface area contributed by atoms with Crippen molar-refractivity contribution in [3.63, 3.8) is 0 Å². The third-order valence-electron chi connectivity index (χ3n) is 2.07. The molecule has 0 aliphatic rings. The number of aldehydes is 1. The fourth-order valence-corrected chi connectivity index (χ4v) is 1.57. The lowest BCUT2D eigenvalue weighted by Gasteiger charge is -2.06. The standard InChI is InChI=1S/C12H10ClNO3/c1-2-17-11(16)5-9-3-8(7-15)4-10(6-14)12(9)13/h3-4,7H,2,5H2,1H3. The molecular formula is C12H10ClNO3. The molecule has 88 valence electrons. The Labute approximate surface area is 104 Å². The van der Waals surface area contributed by atoms with E-state index in [2.05, 4.69) is 0 Å². The van der Waals surface area contributed by atoms with Crippen LogP contribution in [0.1, 0.15) is 28.4 Å². The number of carbonyl (C=O) groups is 2. The third kappa shape index (κ3) is 3.30. The Hall–Kier alpha value is -1.86. The van der Waals surface area contributed by atoms with Crippen LogP contribution < -0.4 is 0 Å². The highest BCUT2D eigenvalue weighted by Crippen LogP contribution is 2.23. The van der Waals surface area contributed by atoms with E-state index in [1.165, 1.54) is 12.1 Å². The van der Waals surface area contributed by atoms with Crippen LogP contribution in [-0.4, -0.2) is 18.9 Å². The molecule has 0 aliphatic heterocycles. The van der Waals surface area contributed by atoms with E-state index in [1.807, 2.05) is 6.07 Å². The Bertz CT molecular complexity index is 491. The molecule has 0 unspecified atom stereocenters. The summed E-state index contributed by atoms with van der Waals surface area (Å²) < 4.78 is 4.78. The van der Waals surface area contributed by atoms with Gasteiger partial charge in [-0.05, 0) is 24.6 Å². The van der Waals surface area contributed by atoms with Gasteiger partial charge in [-0.1, -0.05) is 11.6 Å². The summed E-state index contributed by atoms with van der Waals surface area (Å²) in [6, 6.07) is 4.73. The summed E-state index contributed by atoms with van der Waals surface area (Å²) in [7, 11) is 0. The Kier molecular flexibility index (Phi) is 4.68. The summed E-state index contributed by atoms with van der Waals surface area (Å²) in [6.45, 7) is 1.97. The van der Waals surface area contributed by atoms with Gasteiger partial charge >= 0.3 is 5.97 Å². The number of hydrogen-bond acceptors (Lipinski definition) is 4. The molecule has 4 nitrogen and oxygen atoms in total. The van der Waals surface area contributed by atoms with Gasteiger partial charge in [-0.15, -0.1) is 0 Å². The van der Waals surface area contributed by atoms with Crippen LogP contribution in [0.2, 0.25) is 5.02 Å². The molecule has 1 aromatic carbocycles. The van der Waals surface area contributed by atoms with Crippen LogP contribution >= 0.6 is 11.6 Å². The number of nitrogens with zero attached hydrogens (tertiary/aromatic N) is 1. The highest BCUT2D eigenvalue weighted by Gasteiger charge is 2.12. The second kappa shape index (κ2) is 6.02. The summed E-state index contributed by atoms with van der Waals surface area (Å²) >= 11 is 5.94. The predicted octanol–water partition coefficient (Wildman–Crippen LogP) is 2.13. The summed E-state index contributed by atoms with van der Waals surface area (Å²) in [5.74, 6) is -0.443. The number of halogens is 1. The van der Waals surface area contributed by atoms with Crippen molar-refractivity contribution < 1.29 is 14.3 Å². The second-order valence-electron chi connectivity index (χ2n) is 3.25. The molecule has 0 aromatic heterocycles. The average Bonchev–Trinajstić information content (AvgIpc) is 2.32. The van der Waals surface area contributed by atoms with Gasteiger partial charge in [0.05, 0.1) is 23.6 Å². The van der Waals surface area contributed by atoms with E-state index in [9.17, 15) is 9.59 Å². The number of rotatable bonds is 4. The van der Waals surface area contributed by atoms with Crippen molar-refractivity contribution in [1.29, 1.82) is 5.26 Å². The molecule has 1 rings (SSSR count). The zero-order chi connectivity index (χ0) is 12.8. The van der Waals surface area contributed by atoms with Crippen LogP contribution in [0.25, 0.3) is 0 Å². The van der Waals surface area contributed by atoms with Crippen LogP contribution in [0.15, 0.2) is 12.1 Å². The molecule has 0 radical (unpaired) electrons. The number of benzene rings is 1. The minimum atomic E-state index is -0.443. The quantitative estimate of drug-likeness (QED) is 0.607. The van der Waals surface area contributed by atoms with Crippen LogP contribution in [0.4, 0.5) is 0 Å². The second-order valence-corrected chi connectivity index (χ2v) is 3.63. The number of hydrogen-bond donors (Lipinski definition) is 0. The lowest BCUT2D eigenvalue weighted by atomic mass is 10.0. The fourth-order valence-electron chi connectivity index (χ4n) is 1.35. The summed E-state index contributed by atoms with van der Waals surface area (Å²) in [5, 5.41) is 9.02. The van der Waals surface area contributed by atoms with Crippen molar-refractivity contribution in [2.24, 2.45) is 0 Å². The molecule has 0 saturated carbocycles. The molecule has 1 aromatic rings. The molecule has 17 heavy (non-hydrogen) atoms. The smallest absolute Gasteiger partial charge is 0.310 e. The van der Waals surface area contributed by atoms with E-state index < -0.39 is 5.97 Å². The number of carbonyl (C=O) groups excluding carboxylic acids is 2. The van der Waals surface area contributed by atoms with Crippen molar-refractivity contribution in [1.82, 2.24) is 0 Å². The van der Waals surface area contributed by atoms with E-state index in [0.29, 0.717) is 17.4 Å². The first-order valence-electron chi connectivity index (χ1n) is 4.95. The summed E-state index contributed by atoms with van der Waals surface area (Å²) in [5.41, 5.74) is 0.909. The topological polar surface area (TPSA) is 67.2 Å².